The number of para-hydroxylation sites is 1. The van der Waals surface area contributed by atoms with Crippen molar-refractivity contribution in [3.8, 4) is 0 Å². The van der Waals surface area contributed by atoms with E-state index in [2.05, 4.69) is 35.0 Å². The number of hydrogen-bond donors (Lipinski definition) is 1. The molecule has 19 heavy (non-hydrogen) atoms. The van der Waals surface area contributed by atoms with E-state index in [0.29, 0.717) is 0 Å². The molecule has 1 heterocycles. The van der Waals surface area contributed by atoms with Gasteiger partial charge in [-0.3, -0.25) is 0 Å². The third-order valence-corrected chi connectivity index (χ3v) is 3.44. The molecule has 0 fully saturated rings. The molecule has 2 aromatic rings. The van der Waals surface area contributed by atoms with Crippen LogP contribution in [0.2, 0.25) is 0 Å². The molecule has 3 nitrogen and oxygen atoms in total. The number of nitrogens with zero attached hydrogens (tertiary/aromatic N) is 2. The van der Waals surface area contributed by atoms with Crippen LogP contribution in [-0.4, -0.2) is 12.0 Å². The second-order valence-electron chi connectivity index (χ2n) is 4.75. The predicted octanol–water partition coefficient (Wildman–Crippen LogP) is 3.57. The number of hydrogen-bond acceptors (Lipinski definition) is 3. The van der Waals surface area contributed by atoms with Crippen LogP contribution in [0.1, 0.15) is 30.6 Å². The van der Waals surface area contributed by atoms with Gasteiger partial charge < -0.3 is 10.6 Å². The van der Waals surface area contributed by atoms with E-state index in [0.717, 1.165) is 29.2 Å². The molecule has 1 aromatic heterocycles. The van der Waals surface area contributed by atoms with Crippen molar-refractivity contribution in [3.05, 3.63) is 53.7 Å². The van der Waals surface area contributed by atoms with Gasteiger partial charge in [0.05, 0.1) is 0 Å². The normalized spacial score (nSPS) is 12.2. The molecule has 0 saturated carbocycles. The molecule has 2 rings (SSSR count). The Bertz CT molecular complexity index is 537. The molecule has 100 valence electrons. The lowest BCUT2D eigenvalue weighted by molar-refractivity contribution is 0.689. The SMILES string of the molecule is CCC(N)c1ccc(N(C)c2ccccc2)nc1C. The van der Waals surface area contributed by atoms with E-state index in [9.17, 15) is 0 Å². The first-order chi connectivity index (χ1) is 9.13. The Hall–Kier alpha value is -1.87. The highest BCUT2D eigenvalue weighted by Gasteiger charge is 2.11. The fraction of sp³-hybridized carbons (Fsp3) is 0.312. The first-order valence-electron chi connectivity index (χ1n) is 6.65. The Morgan fingerprint density at radius 3 is 2.42 bits per heavy atom. The Morgan fingerprint density at radius 2 is 1.84 bits per heavy atom. The zero-order valence-corrected chi connectivity index (χ0v) is 11.8. The lowest BCUT2D eigenvalue weighted by atomic mass is 10.0. The van der Waals surface area contributed by atoms with Crippen molar-refractivity contribution in [2.24, 2.45) is 5.73 Å². The van der Waals surface area contributed by atoms with E-state index in [1.807, 2.05) is 38.2 Å². The molecule has 0 saturated heterocycles. The van der Waals surface area contributed by atoms with Crippen molar-refractivity contribution < 1.29 is 0 Å². The molecule has 0 aliphatic heterocycles. The van der Waals surface area contributed by atoms with E-state index in [1.54, 1.807) is 0 Å². The largest absolute Gasteiger partial charge is 0.329 e. The van der Waals surface area contributed by atoms with Crippen LogP contribution in [0.5, 0.6) is 0 Å². The van der Waals surface area contributed by atoms with Gasteiger partial charge in [0.1, 0.15) is 5.82 Å². The smallest absolute Gasteiger partial charge is 0.132 e. The van der Waals surface area contributed by atoms with Gasteiger partial charge in [-0.1, -0.05) is 31.2 Å². The van der Waals surface area contributed by atoms with E-state index in [-0.39, 0.29) is 6.04 Å². The number of pyridine rings is 1. The number of anilines is 2. The highest BCUT2D eigenvalue weighted by Crippen LogP contribution is 2.24. The molecule has 0 amide bonds. The quantitative estimate of drug-likeness (QED) is 0.908. The highest BCUT2D eigenvalue weighted by atomic mass is 15.2. The molecule has 0 spiro atoms. The molecule has 0 aliphatic carbocycles. The molecular weight excluding hydrogens is 234 g/mol. The third-order valence-electron chi connectivity index (χ3n) is 3.44. The minimum Gasteiger partial charge on any atom is -0.329 e. The standard InChI is InChI=1S/C16H21N3/c1-4-15(17)14-10-11-16(18-12(14)2)19(3)13-8-6-5-7-9-13/h5-11,15H,4,17H2,1-3H3. The number of aromatic nitrogens is 1. The summed E-state index contributed by atoms with van der Waals surface area (Å²) in [6.07, 6.45) is 0.927. The van der Waals surface area contributed by atoms with Crippen molar-refractivity contribution in [3.63, 3.8) is 0 Å². The summed E-state index contributed by atoms with van der Waals surface area (Å²) >= 11 is 0. The average molecular weight is 255 g/mol. The number of nitrogens with two attached hydrogens (primary N) is 1. The van der Waals surface area contributed by atoms with Crippen molar-refractivity contribution in [1.29, 1.82) is 0 Å². The van der Waals surface area contributed by atoms with Gasteiger partial charge in [-0.2, -0.15) is 0 Å². The fourth-order valence-corrected chi connectivity index (χ4v) is 2.14. The van der Waals surface area contributed by atoms with Gasteiger partial charge in [-0.15, -0.1) is 0 Å². The summed E-state index contributed by atoms with van der Waals surface area (Å²) in [5.41, 5.74) is 9.35. The molecule has 0 bridgehead atoms. The topological polar surface area (TPSA) is 42.1 Å². The highest BCUT2D eigenvalue weighted by molar-refractivity contribution is 5.59. The monoisotopic (exact) mass is 255 g/mol. The van der Waals surface area contributed by atoms with Gasteiger partial charge in [0.2, 0.25) is 0 Å². The lowest BCUT2D eigenvalue weighted by Gasteiger charge is -2.20. The van der Waals surface area contributed by atoms with Crippen molar-refractivity contribution >= 4 is 11.5 Å². The molecule has 0 radical (unpaired) electrons. The molecular formula is C16H21N3. The van der Waals surface area contributed by atoms with Gasteiger partial charge in [0.15, 0.2) is 0 Å². The van der Waals surface area contributed by atoms with Gasteiger partial charge in [0, 0.05) is 24.5 Å². The molecule has 0 aliphatic rings. The summed E-state index contributed by atoms with van der Waals surface area (Å²) in [7, 11) is 2.02. The maximum absolute atomic E-state index is 6.08. The van der Waals surface area contributed by atoms with Crippen molar-refractivity contribution in [1.82, 2.24) is 4.98 Å². The lowest BCUT2D eigenvalue weighted by Crippen LogP contribution is -2.15. The van der Waals surface area contributed by atoms with Crippen molar-refractivity contribution in [2.45, 2.75) is 26.3 Å². The average Bonchev–Trinajstić information content (AvgIpc) is 2.46. The fourth-order valence-electron chi connectivity index (χ4n) is 2.14. The van der Waals surface area contributed by atoms with Crippen LogP contribution in [0.3, 0.4) is 0 Å². The van der Waals surface area contributed by atoms with Crippen molar-refractivity contribution in [2.75, 3.05) is 11.9 Å². The van der Waals surface area contributed by atoms with Crippen LogP contribution in [0.25, 0.3) is 0 Å². The Labute approximate surface area is 115 Å². The Morgan fingerprint density at radius 1 is 1.16 bits per heavy atom. The predicted molar refractivity (Wildman–Crippen MR) is 80.7 cm³/mol. The molecule has 1 unspecified atom stereocenters. The summed E-state index contributed by atoms with van der Waals surface area (Å²) in [5, 5.41) is 0. The number of rotatable bonds is 4. The summed E-state index contributed by atoms with van der Waals surface area (Å²) in [4.78, 5) is 6.74. The van der Waals surface area contributed by atoms with E-state index >= 15 is 0 Å². The molecule has 2 N–H and O–H groups in total. The summed E-state index contributed by atoms with van der Waals surface area (Å²) in [6.45, 7) is 4.11. The molecule has 3 heteroatoms. The molecule has 1 atom stereocenters. The summed E-state index contributed by atoms with van der Waals surface area (Å²) < 4.78 is 0. The van der Waals surface area contributed by atoms with Gasteiger partial charge in [0.25, 0.3) is 0 Å². The minimum absolute atomic E-state index is 0.0728. The van der Waals surface area contributed by atoms with Gasteiger partial charge >= 0.3 is 0 Å². The van der Waals surface area contributed by atoms with Gasteiger partial charge in [-0.05, 0) is 37.1 Å². The van der Waals surface area contributed by atoms with Crippen LogP contribution in [0, 0.1) is 6.92 Å². The number of aryl methyl sites for hydroxylation is 1. The first-order valence-corrected chi connectivity index (χ1v) is 6.65. The second kappa shape index (κ2) is 5.85. The Kier molecular flexibility index (Phi) is 4.17. The minimum atomic E-state index is 0.0728. The second-order valence-corrected chi connectivity index (χ2v) is 4.75. The number of benzene rings is 1. The van der Waals surface area contributed by atoms with E-state index < -0.39 is 0 Å². The van der Waals surface area contributed by atoms with Crippen LogP contribution in [0.15, 0.2) is 42.5 Å². The zero-order chi connectivity index (χ0) is 13.8. The van der Waals surface area contributed by atoms with Gasteiger partial charge in [-0.25, -0.2) is 4.98 Å². The van der Waals surface area contributed by atoms with Crippen LogP contribution in [0.4, 0.5) is 11.5 Å². The van der Waals surface area contributed by atoms with Crippen LogP contribution in [-0.2, 0) is 0 Å². The molecule has 1 aromatic carbocycles. The summed E-state index contributed by atoms with van der Waals surface area (Å²) in [5.74, 6) is 0.941. The third kappa shape index (κ3) is 2.93. The maximum atomic E-state index is 6.08. The van der Waals surface area contributed by atoms with Crippen LogP contribution >= 0.6 is 0 Å². The van der Waals surface area contributed by atoms with E-state index in [1.165, 1.54) is 0 Å². The van der Waals surface area contributed by atoms with Crippen LogP contribution < -0.4 is 10.6 Å². The van der Waals surface area contributed by atoms with E-state index in [4.69, 9.17) is 5.73 Å². The maximum Gasteiger partial charge on any atom is 0.132 e. The summed E-state index contributed by atoms with van der Waals surface area (Å²) in [6, 6.07) is 14.4. The first kappa shape index (κ1) is 13.6. The Balaban J connectivity index is 2.30. The zero-order valence-electron chi connectivity index (χ0n) is 11.8.